The van der Waals surface area contributed by atoms with Gasteiger partial charge in [-0.2, -0.15) is 0 Å². The van der Waals surface area contributed by atoms with Gasteiger partial charge in [0.25, 0.3) is 5.91 Å². The second kappa shape index (κ2) is 4.79. The quantitative estimate of drug-likeness (QED) is 0.608. The lowest BCUT2D eigenvalue weighted by molar-refractivity contribution is -0.121. The molecule has 86 valence electrons. The molecule has 2 aliphatic rings. The number of nitrogens with one attached hydrogen (secondary N) is 2. The van der Waals surface area contributed by atoms with E-state index in [1.165, 1.54) is 0 Å². The predicted molar refractivity (Wildman–Crippen MR) is 62.1 cm³/mol. The molecule has 0 aromatic carbocycles. The molecular weight excluding hydrogens is 204 g/mol. The van der Waals surface area contributed by atoms with Crippen LogP contribution >= 0.6 is 0 Å². The summed E-state index contributed by atoms with van der Waals surface area (Å²) < 4.78 is 13.7. The third-order valence-corrected chi connectivity index (χ3v) is 2.15. The van der Waals surface area contributed by atoms with Crippen LogP contribution in [0.3, 0.4) is 0 Å². The maximum Gasteiger partial charge on any atom is 0.251 e. The van der Waals surface area contributed by atoms with Gasteiger partial charge in [0, 0.05) is 30.7 Å². The zero-order valence-electron chi connectivity index (χ0n) is 11.0. The van der Waals surface area contributed by atoms with Crippen LogP contribution in [0.4, 0.5) is 0 Å². The molecule has 2 heterocycles. The van der Waals surface area contributed by atoms with Crippen molar-refractivity contribution in [1.82, 2.24) is 10.6 Å². The largest absolute Gasteiger partial charge is 0.330 e. The van der Waals surface area contributed by atoms with Gasteiger partial charge in [-0.1, -0.05) is 26.6 Å². The van der Waals surface area contributed by atoms with Crippen LogP contribution in [0.25, 0.3) is 0 Å². The van der Waals surface area contributed by atoms with E-state index in [9.17, 15) is 9.59 Å². The van der Waals surface area contributed by atoms with E-state index in [0.29, 0.717) is 24.1 Å². The Morgan fingerprint density at radius 2 is 2.12 bits per heavy atom. The van der Waals surface area contributed by atoms with Crippen molar-refractivity contribution in [1.29, 1.82) is 0 Å². The molecule has 2 fully saturated rings. The lowest BCUT2D eigenvalue weighted by Crippen LogP contribution is -2.15. The first-order valence-corrected chi connectivity index (χ1v) is 4.82. The lowest BCUT2D eigenvalue weighted by atomic mass is 10.1. The van der Waals surface area contributed by atoms with Gasteiger partial charge in [0.1, 0.15) is 0 Å². The summed E-state index contributed by atoms with van der Waals surface area (Å²) in [4.78, 5) is 21.4. The van der Waals surface area contributed by atoms with E-state index in [1.54, 1.807) is 0 Å². The molecule has 0 radical (unpaired) electrons. The number of amides is 2. The van der Waals surface area contributed by atoms with Crippen molar-refractivity contribution in [2.24, 2.45) is 5.92 Å². The molecule has 1 unspecified atom stereocenters. The molecular formula is C12H16N2O2. The topological polar surface area (TPSA) is 58.2 Å². The minimum absolute atomic E-state index is 0.0463. The first-order valence-electron chi connectivity index (χ1n) is 6.10. The highest BCUT2D eigenvalue weighted by atomic mass is 16.2. The predicted octanol–water partition coefficient (Wildman–Crippen LogP) is 1.23. The Balaban J connectivity index is 0.000000180. The summed E-state index contributed by atoms with van der Waals surface area (Å²) in [5, 5.41) is 5.06. The van der Waals surface area contributed by atoms with Gasteiger partial charge in [-0.15, -0.1) is 0 Å². The summed E-state index contributed by atoms with van der Waals surface area (Å²) in [6, 6.07) is 0. The first-order chi connectivity index (χ1) is 8.47. The van der Waals surface area contributed by atoms with Gasteiger partial charge in [0.2, 0.25) is 5.91 Å². The Morgan fingerprint density at radius 3 is 2.38 bits per heavy atom. The van der Waals surface area contributed by atoms with E-state index in [2.05, 4.69) is 23.8 Å². The number of allylic oxidation sites excluding steroid dienone is 2. The molecule has 16 heavy (non-hydrogen) atoms. The van der Waals surface area contributed by atoms with E-state index in [4.69, 9.17) is 2.74 Å². The summed E-state index contributed by atoms with van der Waals surface area (Å²) in [6.07, 6.45) is 1.14. The molecule has 2 rings (SSSR count). The number of hydrogen-bond acceptors (Lipinski definition) is 2. The molecule has 4 nitrogen and oxygen atoms in total. The molecule has 0 aromatic heterocycles. The van der Waals surface area contributed by atoms with Crippen LogP contribution in [0.15, 0.2) is 36.7 Å². The summed E-state index contributed by atoms with van der Waals surface area (Å²) in [5.41, 5.74) is 1.91. The Kier molecular flexibility index (Phi) is 2.81. The van der Waals surface area contributed by atoms with Gasteiger partial charge in [-0.3, -0.25) is 9.59 Å². The fourth-order valence-electron chi connectivity index (χ4n) is 1.31. The summed E-state index contributed by atoms with van der Waals surface area (Å²) in [7, 11) is 0. The van der Waals surface area contributed by atoms with Gasteiger partial charge >= 0.3 is 0 Å². The molecule has 2 aliphatic heterocycles. The second-order valence-corrected chi connectivity index (χ2v) is 3.75. The zero-order valence-corrected chi connectivity index (χ0v) is 9.01. The average molecular weight is 224 g/mol. The molecule has 0 aliphatic carbocycles. The van der Waals surface area contributed by atoms with Gasteiger partial charge < -0.3 is 10.6 Å². The Bertz CT molecular complexity index is 430. The highest BCUT2D eigenvalue weighted by Crippen LogP contribution is 2.14. The van der Waals surface area contributed by atoms with Crippen LogP contribution in [0.2, 0.25) is 0 Å². The number of carbonyl (C=O) groups excluding carboxylic acids is 2. The number of rotatable bonds is 0. The molecule has 2 saturated heterocycles. The van der Waals surface area contributed by atoms with E-state index < -0.39 is 0 Å². The van der Waals surface area contributed by atoms with Crippen molar-refractivity contribution < 1.29 is 12.3 Å². The van der Waals surface area contributed by atoms with Crippen molar-refractivity contribution >= 4 is 11.8 Å². The van der Waals surface area contributed by atoms with Crippen LogP contribution in [0.5, 0.6) is 0 Å². The van der Waals surface area contributed by atoms with Gasteiger partial charge in [0.05, 0.1) is 1.37 Å². The molecule has 0 bridgehead atoms. The molecule has 0 spiro atoms. The third-order valence-electron chi connectivity index (χ3n) is 2.15. The van der Waals surface area contributed by atoms with Crippen LogP contribution < -0.4 is 10.6 Å². The van der Waals surface area contributed by atoms with Crippen LogP contribution in [-0.2, 0) is 9.59 Å². The fraction of sp³-hybridized carbons (Fsp3) is 0.333. The average Bonchev–Trinajstić information content (AvgIpc) is 2.81. The smallest absolute Gasteiger partial charge is 0.251 e. The normalized spacial score (nSPS) is 28.0. The maximum atomic E-state index is 10.7. The summed E-state index contributed by atoms with van der Waals surface area (Å²) in [6.45, 7) is 8.37. The van der Waals surface area contributed by atoms with Gasteiger partial charge in [0.15, 0.2) is 0 Å². The fourth-order valence-corrected chi connectivity index (χ4v) is 1.31. The van der Waals surface area contributed by atoms with E-state index >= 15 is 0 Å². The van der Waals surface area contributed by atoms with Crippen molar-refractivity contribution in [3.8, 4) is 0 Å². The Hall–Kier alpha value is -1.84. The molecule has 0 aromatic rings. The second-order valence-electron chi connectivity index (χ2n) is 3.75. The van der Waals surface area contributed by atoms with E-state index in [-0.39, 0.29) is 24.6 Å². The van der Waals surface area contributed by atoms with Crippen molar-refractivity contribution in [2.75, 3.05) is 0 Å². The SMILES string of the molecule is [3H]C=C1CC(=C)NC1=O.[3H]CC1CC(=C)NC1=O. The Morgan fingerprint density at radius 1 is 1.38 bits per heavy atom. The maximum absolute atomic E-state index is 10.7. The Labute approximate surface area is 97.9 Å². The van der Waals surface area contributed by atoms with Crippen LogP contribution in [-0.4, -0.2) is 11.8 Å². The highest BCUT2D eigenvalue weighted by molar-refractivity contribution is 5.97. The summed E-state index contributed by atoms with van der Waals surface area (Å²) in [5.74, 6) is -0.373. The van der Waals surface area contributed by atoms with E-state index in [1.807, 2.05) is 0 Å². The molecule has 4 heteroatoms. The molecule has 0 saturated carbocycles. The highest BCUT2D eigenvalue weighted by Gasteiger charge is 2.21. The lowest BCUT2D eigenvalue weighted by Gasteiger charge is -1.89. The molecule has 1 atom stereocenters. The first kappa shape index (κ1) is 9.39. The van der Waals surface area contributed by atoms with Crippen LogP contribution in [0, 0.1) is 5.92 Å². The minimum atomic E-state index is -0.185. The van der Waals surface area contributed by atoms with Crippen molar-refractivity contribution in [3.63, 3.8) is 0 Å². The standard InChI is InChI=1S/C6H9NO.C6H7NO/c2*1-4-3-5(2)7-6(4)8/h4H,2-3H2,1H3,(H,7,8);1-3H2,(H,7,8)/i2*1T. The molecule has 2 amide bonds. The number of hydrogen-bond donors (Lipinski definition) is 2. The third kappa shape index (κ3) is 3.08. The summed E-state index contributed by atoms with van der Waals surface area (Å²) >= 11 is 0. The number of carbonyl (C=O) groups is 2. The van der Waals surface area contributed by atoms with Crippen molar-refractivity contribution in [3.05, 3.63) is 36.7 Å². The molecule has 2 N–H and O–H groups in total. The zero-order chi connectivity index (χ0) is 13.7. The van der Waals surface area contributed by atoms with Gasteiger partial charge in [-0.25, -0.2) is 0 Å². The van der Waals surface area contributed by atoms with Gasteiger partial charge in [-0.05, 0) is 6.42 Å². The minimum Gasteiger partial charge on any atom is -0.330 e. The monoisotopic (exact) mass is 224 g/mol. The van der Waals surface area contributed by atoms with Crippen LogP contribution in [0.1, 0.15) is 22.5 Å². The van der Waals surface area contributed by atoms with Crippen molar-refractivity contribution in [2.45, 2.75) is 19.7 Å². The van der Waals surface area contributed by atoms with E-state index in [0.717, 1.165) is 12.3 Å².